The van der Waals surface area contributed by atoms with Crippen LogP contribution in [0.4, 0.5) is 0 Å². The van der Waals surface area contributed by atoms with Crippen molar-refractivity contribution in [2.75, 3.05) is 7.11 Å². The second-order valence-electron chi connectivity index (χ2n) is 4.45. The van der Waals surface area contributed by atoms with Crippen molar-refractivity contribution in [3.05, 3.63) is 54.1 Å². The van der Waals surface area contributed by atoms with E-state index in [0.29, 0.717) is 0 Å². The molecule has 90 valence electrons. The number of H-pyrrole nitrogens is 1. The van der Waals surface area contributed by atoms with Crippen LogP contribution in [-0.4, -0.2) is 12.1 Å². The fourth-order valence-electron chi connectivity index (χ4n) is 2.27. The van der Waals surface area contributed by atoms with Gasteiger partial charge in [0.15, 0.2) is 0 Å². The predicted octanol–water partition coefficient (Wildman–Crippen LogP) is 4.15. The van der Waals surface area contributed by atoms with Gasteiger partial charge in [-0.3, -0.25) is 0 Å². The van der Waals surface area contributed by atoms with Crippen LogP contribution in [-0.2, 0) is 0 Å². The normalized spacial score (nSPS) is 10.8. The van der Waals surface area contributed by atoms with Crippen molar-refractivity contribution in [2.45, 2.75) is 6.92 Å². The van der Waals surface area contributed by atoms with Gasteiger partial charge in [-0.05, 0) is 48.4 Å². The highest BCUT2D eigenvalue weighted by atomic mass is 16.5. The van der Waals surface area contributed by atoms with Gasteiger partial charge in [-0.2, -0.15) is 0 Å². The third-order valence-electron chi connectivity index (χ3n) is 3.24. The lowest BCUT2D eigenvalue weighted by molar-refractivity contribution is 0.412. The molecular formula is C16H15NO. The lowest BCUT2D eigenvalue weighted by Crippen LogP contribution is -1.87. The number of hydrogen-bond donors (Lipinski definition) is 1. The summed E-state index contributed by atoms with van der Waals surface area (Å²) in [5.74, 6) is 0.926. The van der Waals surface area contributed by atoms with Gasteiger partial charge in [0, 0.05) is 16.6 Å². The molecule has 0 aliphatic rings. The second-order valence-corrected chi connectivity index (χ2v) is 4.45. The van der Waals surface area contributed by atoms with Gasteiger partial charge in [-0.1, -0.05) is 18.2 Å². The van der Waals surface area contributed by atoms with Crippen molar-refractivity contribution in [1.82, 2.24) is 4.98 Å². The van der Waals surface area contributed by atoms with E-state index in [2.05, 4.69) is 48.3 Å². The summed E-state index contributed by atoms with van der Waals surface area (Å²) in [6.07, 6.45) is 0. The number of aromatic nitrogens is 1. The Morgan fingerprint density at radius 3 is 2.56 bits per heavy atom. The Kier molecular flexibility index (Phi) is 2.56. The van der Waals surface area contributed by atoms with Gasteiger partial charge in [0.05, 0.1) is 7.11 Å². The molecule has 0 saturated heterocycles. The molecule has 0 aliphatic heterocycles. The molecule has 0 unspecified atom stereocenters. The Hall–Kier alpha value is -2.22. The second kappa shape index (κ2) is 4.22. The standard InChI is InChI=1S/C16H15NO/c1-11-9-13(7-8-16(11)18-2)15-10-12-5-3-4-6-14(12)17-15/h3-10,17H,1-2H3. The molecule has 1 aromatic heterocycles. The van der Waals surface area contributed by atoms with Gasteiger partial charge in [0.25, 0.3) is 0 Å². The molecular weight excluding hydrogens is 222 g/mol. The van der Waals surface area contributed by atoms with Gasteiger partial charge >= 0.3 is 0 Å². The smallest absolute Gasteiger partial charge is 0.121 e. The lowest BCUT2D eigenvalue weighted by atomic mass is 10.1. The number of fused-ring (bicyclic) bond motifs is 1. The first-order valence-electron chi connectivity index (χ1n) is 6.01. The minimum Gasteiger partial charge on any atom is -0.496 e. The van der Waals surface area contributed by atoms with Crippen molar-refractivity contribution in [2.24, 2.45) is 0 Å². The molecule has 3 aromatic rings. The highest BCUT2D eigenvalue weighted by molar-refractivity contribution is 5.85. The van der Waals surface area contributed by atoms with Gasteiger partial charge in [-0.25, -0.2) is 0 Å². The first-order chi connectivity index (χ1) is 8.78. The van der Waals surface area contributed by atoms with Crippen LogP contribution in [0.5, 0.6) is 5.75 Å². The molecule has 0 aliphatic carbocycles. The van der Waals surface area contributed by atoms with Crippen molar-refractivity contribution in [3.8, 4) is 17.0 Å². The third kappa shape index (κ3) is 1.76. The van der Waals surface area contributed by atoms with Gasteiger partial charge in [-0.15, -0.1) is 0 Å². The van der Waals surface area contributed by atoms with E-state index in [1.54, 1.807) is 7.11 Å². The lowest BCUT2D eigenvalue weighted by Gasteiger charge is -2.06. The Balaban J connectivity index is 2.11. The number of hydrogen-bond acceptors (Lipinski definition) is 1. The molecule has 3 rings (SSSR count). The van der Waals surface area contributed by atoms with Crippen LogP contribution >= 0.6 is 0 Å². The molecule has 1 heterocycles. The molecule has 0 fully saturated rings. The molecule has 0 spiro atoms. The van der Waals surface area contributed by atoms with Gasteiger partial charge < -0.3 is 9.72 Å². The van der Waals surface area contributed by atoms with Crippen molar-refractivity contribution >= 4 is 10.9 Å². The largest absolute Gasteiger partial charge is 0.496 e. The number of benzene rings is 2. The highest BCUT2D eigenvalue weighted by Gasteiger charge is 2.05. The molecule has 0 atom stereocenters. The number of methoxy groups -OCH3 is 1. The van der Waals surface area contributed by atoms with E-state index in [1.165, 1.54) is 16.5 Å². The minimum absolute atomic E-state index is 0.926. The summed E-state index contributed by atoms with van der Waals surface area (Å²) in [6, 6.07) is 16.7. The first kappa shape index (κ1) is 10.9. The summed E-state index contributed by atoms with van der Waals surface area (Å²) in [6.45, 7) is 2.06. The van der Waals surface area contributed by atoms with E-state index in [-0.39, 0.29) is 0 Å². The zero-order valence-corrected chi connectivity index (χ0v) is 10.5. The number of nitrogens with one attached hydrogen (secondary N) is 1. The Labute approximate surface area is 106 Å². The van der Waals surface area contributed by atoms with E-state index in [1.807, 2.05) is 12.1 Å². The summed E-state index contributed by atoms with van der Waals surface area (Å²) >= 11 is 0. The number of aromatic amines is 1. The maximum atomic E-state index is 5.28. The number of para-hydroxylation sites is 1. The first-order valence-corrected chi connectivity index (χ1v) is 6.01. The molecule has 2 aromatic carbocycles. The van der Waals surface area contributed by atoms with Crippen LogP contribution in [0.1, 0.15) is 5.56 Å². The zero-order chi connectivity index (χ0) is 12.5. The maximum Gasteiger partial charge on any atom is 0.121 e. The minimum atomic E-state index is 0.926. The summed E-state index contributed by atoms with van der Waals surface area (Å²) in [5.41, 5.74) is 4.64. The fourth-order valence-corrected chi connectivity index (χ4v) is 2.27. The molecule has 0 radical (unpaired) electrons. The monoisotopic (exact) mass is 237 g/mol. The van der Waals surface area contributed by atoms with Crippen LogP contribution in [0.2, 0.25) is 0 Å². The summed E-state index contributed by atoms with van der Waals surface area (Å²) in [5, 5.41) is 1.24. The van der Waals surface area contributed by atoms with Crippen LogP contribution < -0.4 is 4.74 Å². The molecule has 0 amide bonds. The zero-order valence-electron chi connectivity index (χ0n) is 10.5. The highest BCUT2D eigenvalue weighted by Crippen LogP contribution is 2.27. The fraction of sp³-hybridized carbons (Fsp3) is 0.125. The van der Waals surface area contributed by atoms with Crippen molar-refractivity contribution in [3.63, 3.8) is 0 Å². The molecule has 2 nitrogen and oxygen atoms in total. The number of aryl methyl sites for hydroxylation is 1. The predicted molar refractivity (Wildman–Crippen MR) is 75.0 cm³/mol. The Bertz CT molecular complexity index is 664. The molecule has 18 heavy (non-hydrogen) atoms. The summed E-state index contributed by atoms with van der Waals surface area (Å²) < 4.78 is 5.28. The maximum absolute atomic E-state index is 5.28. The van der Waals surface area contributed by atoms with E-state index < -0.39 is 0 Å². The van der Waals surface area contributed by atoms with Crippen LogP contribution in [0, 0.1) is 6.92 Å². The van der Waals surface area contributed by atoms with E-state index >= 15 is 0 Å². The van der Waals surface area contributed by atoms with Crippen molar-refractivity contribution in [1.29, 1.82) is 0 Å². The molecule has 1 N–H and O–H groups in total. The van der Waals surface area contributed by atoms with Crippen LogP contribution in [0.3, 0.4) is 0 Å². The average molecular weight is 237 g/mol. The topological polar surface area (TPSA) is 25.0 Å². The molecule has 0 saturated carbocycles. The SMILES string of the molecule is COc1ccc(-c2cc3ccccc3[nH]2)cc1C. The third-order valence-corrected chi connectivity index (χ3v) is 3.24. The molecule has 0 bridgehead atoms. The van der Waals surface area contributed by atoms with Gasteiger partial charge in [0.1, 0.15) is 5.75 Å². The summed E-state index contributed by atoms with van der Waals surface area (Å²) in [7, 11) is 1.70. The van der Waals surface area contributed by atoms with Crippen LogP contribution in [0.15, 0.2) is 48.5 Å². The van der Waals surface area contributed by atoms with Crippen LogP contribution in [0.25, 0.3) is 22.2 Å². The summed E-state index contributed by atoms with van der Waals surface area (Å²) in [4.78, 5) is 3.44. The average Bonchev–Trinajstić information content (AvgIpc) is 2.82. The number of rotatable bonds is 2. The van der Waals surface area contributed by atoms with E-state index in [0.717, 1.165) is 17.0 Å². The van der Waals surface area contributed by atoms with Crippen molar-refractivity contribution < 1.29 is 4.74 Å². The number of ether oxygens (including phenoxy) is 1. The Morgan fingerprint density at radius 2 is 1.83 bits per heavy atom. The van der Waals surface area contributed by atoms with E-state index in [9.17, 15) is 0 Å². The van der Waals surface area contributed by atoms with Gasteiger partial charge in [0.2, 0.25) is 0 Å². The quantitative estimate of drug-likeness (QED) is 0.711. The Morgan fingerprint density at radius 1 is 1.00 bits per heavy atom. The van der Waals surface area contributed by atoms with E-state index in [4.69, 9.17) is 4.74 Å². The molecule has 2 heteroatoms.